The Morgan fingerprint density at radius 1 is 1.19 bits per heavy atom. The fraction of sp³-hybridized carbons (Fsp3) is 0.190. The summed E-state index contributed by atoms with van der Waals surface area (Å²) in [5, 5.41) is 10.2. The number of nitrogens with one attached hydrogen (secondary N) is 2. The predicted octanol–water partition coefficient (Wildman–Crippen LogP) is 3.39. The van der Waals surface area contributed by atoms with Crippen LogP contribution in [0.2, 0.25) is 0 Å². The summed E-state index contributed by atoms with van der Waals surface area (Å²) in [5.74, 6) is -0.105. The van der Waals surface area contributed by atoms with Crippen LogP contribution >= 0.6 is 0 Å². The highest BCUT2D eigenvalue weighted by atomic mass is 16.1. The minimum Gasteiger partial charge on any atom is -0.349 e. The lowest BCUT2D eigenvalue weighted by Crippen LogP contribution is -2.34. The molecule has 3 aromatic heterocycles. The van der Waals surface area contributed by atoms with Crippen molar-refractivity contribution in [1.29, 1.82) is 0 Å². The van der Waals surface area contributed by atoms with Gasteiger partial charge in [-0.2, -0.15) is 5.10 Å². The number of fused-ring (bicyclic) bond motifs is 1. The van der Waals surface area contributed by atoms with E-state index in [9.17, 15) is 4.79 Å². The molecule has 4 aromatic rings. The summed E-state index contributed by atoms with van der Waals surface area (Å²) in [7, 11) is 0. The lowest BCUT2D eigenvalue weighted by atomic mass is 10.1. The zero-order chi connectivity index (χ0) is 18.8. The van der Waals surface area contributed by atoms with E-state index in [1.54, 1.807) is 6.07 Å². The average molecular weight is 359 g/mol. The molecule has 2 N–H and O–H groups in total. The van der Waals surface area contributed by atoms with Crippen LogP contribution < -0.4 is 5.32 Å². The van der Waals surface area contributed by atoms with Crippen molar-refractivity contribution in [3.8, 4) is 11.3 Å². The second-order valence-electron chi connectivity index (χ2n) is 6.80. The maximum Gasteiger partial charge on any atom is 0.252 e. The molecule has 0 radical (unpaired) electrons. The SMILES string of the molecule is Cc1cc(CC(C)NC(=O)c2ccc3nc(-c4ccccc4)cn3c2)n[nH]1. The zero-order valence-electron chi connectivity index (χ0n) is 15.3. The van der Waals surface area contributed by atoms with Gasteiger partial charge < -0.3 is 9.72 Å². The second kappa shape index (κ2) is 7.07. The van der Waals surface area contributed by atoms with E-state index in [-0.39, 0.29) is 11.9 Å². The van der Waals surface area contributed by atoms with Crippen molar-refractivity contribution >= 4 is 11.6 Å². The molecule has 0 aliphatic rings. The zero-order valence-corrected chi connectivity index (χ0v) is 15.3. The van der Waals surface area contributed by atoms with Crippen LogP contribution in [0.3, 0.4) is 0 Å². The first-order valence-corrected chi connectivity index (χ1v) is 8.94. The van der Waals surface area contributed by atoms with Gasteiger partial charge in [-0.1, -0.05) is 30.3 Å². The van der Waals surface area contributed by atoms with Crippen LogP contribution in [0.5, 0.6) is 0 Å². The Morgan fingerprint density at radius 2 is 2.00 bits per heavy atom. The van der Waals surface area contributed by atoms with Gasteiger partial charge in [-0.25, -0.2) is 4.98 Å². The van der Waals surface area contributed by atoms with Gasteiger partial charge in [-0.3, -0.25) is 9.89 Å². The molecule has 0 saturated heterocycles. The number of pyridine rings is 1. The molecule has 1 amide bonds. The standard InChI is InChI=1S/C21H21N5O/c1-14(10-18-11-15(2)24-25-18)22-21(27)17-8-9-20-23-19(13-26(20)12-17)16-6-4-3-5-7-16/h3-9,11-14H,10H2,1-2H3,(H,22,27)(H,24,25). The molecule has 1 aromatic carbocycles. The van der Waals surface area contributed by atoms with Crippen LogP contribution in [0.4, 0.5) is 0 Å². The molecular formula is C21H21N5O. The molecule has 1 atom stereocenters. The topological polar surface area (TPSA) is 75.1 Å². The number of rotatable bonds is 5. The van der Waals surface area contributed by atoms with Crippen molar-refractivity contribution in [2.24, 2.45) is 0 Å². The summed E-state index contributed by atoms with van der Waals surface area (Å²) in [6.07, 6.45) is 4.44. The van der Waals surface area contributed by atoms with Crippen molar-refractivity contribution in [2.45, 2.75) is 26.3 Å². The molecule has 0 bridgehead atoms. The Hall–Kier alpha value is -3.41. The number of hydrogen-bond donors (Lipinski definition) is 2. The van der Waals surface area contributed by atoms with Gasteiger partial charge >= 0.3 is 0 Å². The van der Waals surface area contributed by atoms with Crippen molar-refractivity contribution in [2.75, 3.05) is 0 Å². The molecule has 0 aliphatic heterocycles. The second-order valence-corrected chi connectivity index (χ2v) is 6.80. The average Bonchev–Trinajstić information content (AvgIpc) is 3.27. The minimum absolute atomic E-state index is 0.0152. The molecule has 3 heterocycles. The van der Waals surface area contributed by atoms with E-state index < -0.39 is 0 Å². The normalized spacial score (nSPS) is 12.2. The number of benzene rings is 1. The summed E-state index contributed by atoms with van der Waals surface area (Å²) < 4.78 is 1.89. The lowest BCUT2D eigenvalue weighted by Gasteiger charge is -2.12. The van der Waals surface area contributed by atoms with E-state index in [0.29, 0.717) is 12.0 Å². The largest absolute Gasteiger partial charge is 0.349 e. The fourth-order valence-corrected chi connectivity index (χ4v) is 3.13. The number of carbonyl (C=O) groups is 1. The molecule has 0 aliphatic carbocycles. The van der Waals surface area contributed by atoms with Gasteiger partial charge in [0.05, 0.1) is 17.0 Å². The number of nitrogens with zero attached hydrogens (tertiary/aromatic N) is 3. The Labute approximate surface area is 157 Å². The molecule has 0 saturated carbocycles. The number of hydrogen-bond acceptors (Lipinski definition) is 3. The highest BCUT2D eigenvalue weighted by Gasteiger charge is 2.13. The van der Waals surface area contributed by atoms with Gasteiger partial charge in [0.2, 0.25) is 0 Å². The Morgan fingerprint density at radius 3 is 2.74 bits per heavy atom. The van der Waals surface area contributed by atoms with Gasteiger partial charge in [0, 0.05) is 36.1 Å². The summed E-state index contributed by atoms with van der Waals surface area (Å²) in [6, 6.07) is 15.6. The number of aromatic nitrogens is 4. The van der Waals surface area contributed by atoms with E-state index in [2.05, 4.69) is 20.5 Å². The maximum atomic E-state index is 12.6. The number of H-pyrrole nitrogens is 1. The van der Waals surface area contributed by atoms with E-state index in [4.69, 9.17) is 0 Å². The number of aromatic amines is 1. The summed E-state index contributed by atoms with van der Waals surface area (Å²) >= 11 is 0. The third-order valence-electron chi connectivity index (χ3n) is 4.43. The molecule has 0 fully saturated rings. The molecule has 4 rings (SSSR count). The molecule has 6 nitrogen and oxygen atoms in total. The van der Waals surface area contributed by atoms with Crippen LogP contribution in [0.1, 0.15) is 28.7 Å². The molecule has 136 valence electrons. The number of imidazole rings is 1. The highest BCUT2D eigenvalue weighted by Crippen LogP contribution is 2.19. The maximum absolute atomic E-state index is 12.6. The highest BCUT2D eigenvalue weighted by molar-refractivity contribution is 5.94. The monoisotopic (exact) mass is 359 g/mol. The predicted molar refractivity (Wildman–Crippen MR) is 105 cm³/mol. The van der Waals surface area contributed by atoms with E-state index >= 15 is 0 Å². The number of carbonyl (C=O) groups excluding carboxylic acids is 1. The first-order valence-electron chi connectivity index (χ1n) is 8.94. The fourth-order valence-electron chi connectivity index (χ4n) is 3.13. The molecule has 0 spiro atoms. The first-order chi connectivity index (χ1) is 13.1. The molecule has 27 heavy (non-hydrogen) atoms. The smallest absolute Gasteiger partial charge is 0.252 e. The van der Waals surface area contributed by atoms with Gasteiger partial charge in [0.25, 0.3) is 5.91 Å². The lowest BCUT2D eigenvalue weighted by molar-refractivity contribution is 0.0939. The molecule has 6 heteroatoms. The first kappa shape index (κ1) is 17.0. The van der Waals surface area contributed by atoms with Crippen LogP contribution in [0.15, 0.2) is 60.9 Å². The third-order valence-corrected chi connectivity index (χ3v) is 4.43. The van der Waals surface area contributed by atoms with Gasteiger partial charge in [0.1, 0.15) is 5.65 Å². The van der Waals surface area contributed by atoms with Gasteiger partial charge in [-0.05, 0) is 32.0 Å². The summed E-state index contributed by atoms with van der Waals surface area (Å²) in [5.41, 5.74) is 5.31. The molecule has 1 unspecified atom stereocenters. The van der Waals surface area contributed by atoms with Crippen LogP contribution in [0, 0.1) is 6.92 Å². The molecular weight excluding hydrogens is 338 g/mol. The van der Waals surface area contributed by atoms with E-state index in [0.717, 1.165) is 28.3 Å². The van der Waals surface area contributed by atoms with Crippen molar-refractivity contribution in [3.05, 3.63) is 77.9 Å². The Kier molecular flexibility index (Phi) is 4.46. The van der Waals surface area contributed by atoms with Crippen molar-refractivity contribution < 1.29 is 4.79 Å². The Balaban J connectivity index is 1.50. The van der Waals surface area contributed by atoms with E-state index in [1.807, 2.05) is 73.1 Å². The van der Waals surface area contributed by atoms with Gasteiger partial charge in [-0.15, -0.1) is 0 Å². The third kappa shape index (κ3) is 3.74. The van der Waals surface area contributed by atoms with Crippen molar-refractivity contribution in [3.63, 3.8) is 0 Å². The van der Waals surface area contributed by atoms with Crippen LogP contribution in [0.25, 0.3) is 16.9 Å². The van der Waals surface area contributed by atoms with Crippen LogP contribution in [-0.4, -0.2) is 31.5 Å². The summed E-state index contributed by atoms with van der Waals surface area (Å²) in [6.45, 7) is 3.94. The number of aryl methyl sites for hydroxylation is 1. The summed E-state index contributed by atoms with van der Waals surface area (Å²) in [4.78, 5) is 17.2. The Bertz CT molecular complexity index is 1080. The minimum atomic E-state index is -0.105. The number of amides is 1. The van der Waals surface area contributed by atoms with E-state index in [1.165, 1.54) is 0 Å². The van der Waals surface area contributed by atoms with Crippen molar-refractivity contribution in [1.82, 2.24) is 24.9 Å². The van der Waals surface area contributed by atoms with Crippen LogP contribution in [-0.2, 0) is 6.42 Å². The van der Waals surface area contributed by atoms with Gasteiger partial charge in [0.15, 0.2) is 0 Å². The quantitative estimate of drug-likeness (QED) is 0.573.